The minimum atomic E-state index is -3.63. The number of anilines is 1. The molecular formula is C23H29ClN2O3S. The van der Waals surface area contributed by atoms with Crippen molar-refractivity contribution in [1.29, 1.82) is 0 Å². The maximum Gasteiger partial charge on any atom is 0.264 e. The van der Waals surface area contributed by atoms with Gasteiger partial charge in [0.05, 0.1) is 17.2 Å². The van der Waals surface area contributed by atoms with E-state index in [9.17, 15) is 8.42 Å². The first-order valence-electron chi connectivity index (χ1n) is 10.3. The fraction of sp³-hybridized carbons (Fsp3) is 0.391. The van der Waals surface area contributed by atoms with Crippen LogP contribution in [0.3, 0.4) is 0 Å². The zero-order valence-electron chi connectivity index (χ0n) is 17.3. The van der Waals surface area contributed by atoms with Gasteiger partial charge in [-0.15, -0.1) is 0 Å². The molecule has 162 valence electrons. The molecule has 2 aromatic rings. The summed E-state index contributed by atoms with van der Waals surface area (Å²) in [5.74, 6) is 0.749. The molecule has 1 aliphatic rings. The van der Waals surface area contributed by atoms with Crippen molar-refractivity contribution in [2.24, 2.45) is 0 Å². The van der Waals surface area contributed by atoms with Crippen LogP contribution in [-0.2, 0) is 10.0 Å². The number of rotatable bonds is 11. The van der Waals surface area contributed by atoms with Crippen LogP contribution in [0.1, 0.15) is 25.7 Å². The van der Waals surface area contributed by atoms with Crippen LogP contribution in [0.5, 0.6) is 5.75 Å². The second-order valence-corrected chi connectivity index (χ2v) is 9.82. The summed E-state index contributed by atoms with van der Waals surface area (Å²) in [5, 5.41) is 0.502. The van der Waals surface area contributed by atoms with Crippen LogP contribution >= 0.6 is 11.6 Å². The Balaban J connectivity index is 1.41. The van der Waals surface area contributed by atoms with Gasteiger partial charge in [0.15, 0.2) is 0 Å². The van der Waals surface area contributed by atoms with Crippen molar-refractivity contribution in [2.75, 3.05) is 37.6 Å². The van der Waals surface area contributed by atoms with Crippen LogP contribution in [0.2, 0.25) is 5.02 Å². The van der Waals surface area contributed by atoms with E-state index in [1.54, 1.807) is 24.3 Å². The van der Waals surface area contributed by atoms with Gasteiger partial charge in [-0.25, -0.2) is 8.42 Å². The Morgan fingerprint density at radius 2 is 1.57 bits per heavy atom. The van der Waals surface area contributed by atoms with Crippen molar-refractivity contribution in [1.82, 2.24) is 4.90 Å². The molecule has 30 heavy (non-hydrogen) atoms. The van der Waals surface area contributed by atoms with Crippen molar-refractivity contribution >= 4 is 27.3 Å². The lowest BCUT2D eigenvalue weighted by atomic mass is 10.2. The second-order valence-electron chi connectivity index (χ2n) is 7.41. The lowest BCUT2D eigenvalue weighted by Crippen LogP contribution is -2.26. The van der Waals surface area contributed by atoms with Gasteiger partial charge in [-0.05, 0) is 67.9 Å². The Morgan fingerprint density at radius 3 is 2.23 bits per heavy atom. The molecule has 0 saturated heterocycles. The number of ether oxygens (including phenoxy) is 1. The van der Waals surface area contributed by atoms with Gasteiger partial charge < -0.3 is 4.74 Å². The Bertz CT molecular complexity index is 920. The summed E-state index contributed by atoms with van der Waals surface area (Å²) in [7, 11) is -2.09. The Kier molecular flexibility index (Phi) is 8.19. The molecule has 0 atom stereocenters. The molecular weight excluding hydrogens is 420 g/mol. The third-order valence-corrected chi connectivity index (χ3v) is 7.26. The largest absolute Gasteiger partial charge is 0.494 e. The lowest BCUT2D eigenvalue weighted by Gasteiger charge is -2.20. The van der Waals surface area contributed by atoms with Crippen molar-refractivity contribution < 1.29 is 13.2 Å². The minimum absolute atomic E-state index is 0.204. The van der Waals surface area contributed by atoms with Crippen molar-refractivity contribution in [3.63, 3.8) is 0 Å². The van der Waals surface area contributed by atoms with E-state index in [2.05, 4.69) is 17.1 Å². The number of benzene rings is 2. The van der Waals surface area contributed by atoms with Crippen LogP contribution < -0.4 is 9.04 Å². The summed E-state index contributed by atoms with van der Waals surface area (Å²) in [6.45, 7) is 4.02. The molecule has 0 N–H and O–H groups in total. The highest BCUT2D eigenvalue weighted by molar-refractivity contribution is 7.92. The molecule has 0 fully saturated rings. The monoisotopic (exact) mass is 448 g/mol. The van der Waals surface area contributed by atoms with Gasteiger partial charge >= 0.3 is 0 Å². The molecule has 2 aromatic carbocycles. The molecule has 3 rings (SSSR count). The molecule has 5 nitrogen and oxygen atoms in total. The molecule has 0 radical (unpaired) electrons. The number of nitrogens with zero attached hydrogens (tertiary/aromatic N) is 2. The second kappa shape index (κ2) is 10.8. The van der Waals surface area contributed by atoms with Gasteiger partial charge in [0, 0.05) is 25.2 Å². The highest BCUT2D eigenvalue weighted by Crippen LogP contribution is 2.25. The maximum absolute atomic E-state index is 12.8. The molecule has 1 heterocycles. The third kappa shape index (κ3) is 6.24. The van der Waals surface area contributed by atoms with E-state index in [4.69, 9.17) is 16.3 Å². The van der Waals surface area contributed by atoms with Gasteiger partial charge in [0.1, 0.15) is 5.75 Å². The Hall–Kier alpha value is -2.02. The van der Waals surface area contributed by atoms with E-state index in [0.717, 1.165) is 31.7 Å². The van der Waals surface area contributed by atoms with Gasteiger partial charge in [-0.2, -0.15) is 0 Å². The Morgan fingerprint density at radius 1 is 0.933 bits per heavy atom. The highest BCUT2D eigenvalue weighted by Gasteiger charge is 2.21. The summed E-state index contributed by atoms with van der Waals surface area (Å²) >= 11 is 5.85. The zero-order chi connectivity index (χ0) is 21.4. The normalized spacial score (nSPS) is 14.2. The average molecular weight is 449 g/mol. The zero-order valence-corrected chi connectivity index (χ0v) is 18.9. The van der Waals surface area contributed by atoms with Crippen LogP contribution in [0.25, 0.3) is 0 Å². The third-order valence-electron chi connectivity index (χ3n) is 5.20. The van der Waals surface area contributed by atoms with Crippen molar-refractivity contribution in [3.05, 3.63) is 65.7 Å². The van der Waals surface area contributed by atoms with Crippen LogP contribution in [0, 0.1) is 0 Å². The topological polar surface area (TPSA) is 49.9 Å². The summed E-state index contributed by atoms with van der Waals surface area (Å²) in [6, 6.07) is 13.3. The molecule has 0 aromatic heterocycles. The van der Waals surface area contributed by atoms with E-state index < -0.39 is 10.0 Å². The number of hydrogen-bond acceptors (Lipinski definition) is 4. The SMILES string of the molecule is CN(c1ccc(OCCCCCCN2CC=CC2)cc1)S(=O)(=O)c1ccc(Cl)cc1. The van der Waals surface area contributed by atoms with Gasteiger partial charge in [0.2, 0.25) is 0 Å². The number of halogens is 1. The minimum Gasteiger partial charge on any atom is -0.494 e. The Labute approximate surface area is 185 Å². The molecule has 1 aliphatic heterocycles. The first kappa shape index (κ1) is 22.7. The quantitative estimate of drug-likeness (QED) is 0.359. The molecule has 7 heteroatoms. The fourth-order valence-corrected chi connectivity index (χ4v) is 4.66. The summed E-state index contributed by atoms with van der Waals surface area (Å²) < 4.78 is 32.6. The van der Waals surface area contributed by atoms with Crippen LogP contribution in [-0.4, -0.2) is 46.6 Å². The predicted molar refractivity (Wildman–Crippen MR) is 123 cm³/mol. The smallest absolute Gasteiger partial charge is 0.264 e. The molecule has 0 unspecified atom stereocenters. The van der Waals surface area contributed by atoms with E-state index in [0.29, 0.717) is 17.3 Å². The van der Waals surface area contributed by atoms with Crippen LogP contribution in [0.4, 0.5) is 5.69 Å². The summed E-state index contributed by atoms with van der Waals surface area (Å²) in [4.78, 5) is 2.65. The molecule has 0 spiro atoms. The van der Waals surface area contributed by atoms with Gasteiger partial charge in [-0.3, -0.25) is 9.21 Å². The fourth-order valence-electron chi connectivity index (χ4n) is 3.34. The van der Waals surface area contributed by atoms with E-state index in [1.807, 2.05) is 12.1 Å². The number of unbranched alkanes of at least 4 members (excludes halogenated alkanes) is 3. The average Bonchev–Trinajstić information content (AvgIpc) is 3.27. The first-order valence-corrected chi connectivity index (χ1v) is 12.1. The van der Waals surface area contributed by atoms with E-state index in [1.165, 1.54) is 42.9 Å². The van der Waals surface area contributed by atoms with Crippen molar-refractivity contribution in [2.45, 2.75) is 30.6 Å². The number of hydrogen-bond donors (Lipinski definition) is 0. The number of sulfonamides is 1. The highest BCUT2D eigenvalue weighted by atomic mass is 35.5. The summed E-state index contributed by atoms with van der Waals surface area (Å²) in [6.07, 6.45) is 9.07. The lowest BCUT2D eigenvalue weighted by molar-refractivity contribution is 0.299. The van der Waals surface area contributed by atoms with Crippen LogP contribution in [0.15, 0.2) is 65.6 Å². The molecule has 0 amide bonds. The van der Waals surface area contributed by atoms with Gasteiger partial charge in [0.25, 0.3) is 10.0 Å². The summed E-state index contributed by atoms with van der Waals surface area (Å²) in [5.41, 5.74) is 0.578. The van der Waals surface area contributed by atoms with E-state index >= 15 is 0 Å². The maximum atomic E-state index is 12.8. The predicted octanol–water partition coefficient (Wildman–Crippen LogP) is 4.98. The molecule has 0 saturated carbocycles. The van der Waals surface area contributed by atoms with Crippen molar-refractivity contribution in [3.8, 4) is 5.75 Å². The standard InChI is InChI=1S/C23H29ClN2O3S/c1-25(30(27,28)23-14-8-20(24)9-15-23)21-10-12-22(13-11-21)29-19-7-3-2-4-16-26-17-5-6-18-26/h5-6,8-15H,2-4,7,16-19H2,1H3. The van der Waals surface area contributed by atoms with Gasteiger partial charge in [-0.1, -0.05) is 36.6 Å². The van der Waals surface area contributed by atoms with E-state index in [-0.39, 0.29) is 4.90 Å². The molecule has 0 aliphatic carbocycles. The molecule has 0 bridgehead atoms. The first-order chi connectivity index (χ1) is 14.5.